The number of thiophene rings is 1. The number of hydrogen-bond donors (Lipinski definition) is 2. The summed E-state index contributed by atoms with van der Waals surface area (Å²) in [6.45, 7) is 2.49. The highest BCUT2D eigenvalue weighted by Gasteiger charge is 2.12. The molecule has 2 aromatic rings. The van der Waals surface area contributed by atoms with Gasteiger partial charge in [0, 0.05) is 35.8 Å². The Balaban J connectivity index is 0.00000208. The third-order valence-electron chi connectivity index (χ3n) is 3.49. The molecule has 0 aromatic carbocycles. The molecule has 24 heavy (non-hydrogen) atoms. The molecule has 2 N–H and O–H groups in total. The van der Waals surface area contributed by atoms with Crippen LogP contribution < -0.4 is 10.6 Å². The second-order valence-electron chi connectivity index (χ2n) is 5.23. The predicted octanol–water partition coefficient (Wildman–Crippen LogP) is 2.95. The molecule has 0 spiro atoms. The van der Waals surface area contributed by atoms with E-state index < -0.39 is 0 Å². The maximum atomic E-state index is 11.9. The van der Waals surface area contributed by atoms with Gasteiger partial charge in [-0.15, -0.1) is 23.7 Å². The second kappa shape index (κ2) is 9.31. The monoisotopic (exact) mass is 432 g/mol. The molecular weight excluding hydrogens is 416 g/mol. The van der Waals surface area contributed by atoms with Crippen molar-refractivity contribution in [3.8, 4) is 10.7 Å². The summed E-state index contributed by atoms with van der Waals surface area (Å²) < 4.78 is 6.20. The normalized spacial score (nSPS) is 14.0. The average molecular weight is 434 g/mol. The number of rotatable bonds is 6. The SMILES string of the molecule is Cl.O=C(CCc1nc(-c2cc(Br)cs2)no1)NCC1=CCNCC1. The molecule has 0 unspecified atom stereocenters. The molecule has 0 bridgehead atoms. The molecule has 0 fully saturated rings. The van der Waals surface area contributed by atoms with Crippen LogP contribution in [0, 0.1) is 0 Å². The zero-order valence-electron chi connectivity index (χ0n) is 12.9. The molecule has 2 aromatic heterocycles. The molecule has 1 aliphatic rings. The lowest BCUT2D eigenvalue weighted by Gasteiger charge is -2.14. The van der Waals surface area contributed by atoms with E-state index in [0.29, 0.717) is 31.1 Å². The van der Waals surface area contributed by atoms with Gasteiger partial charge in [0.2, 0.25) is 17.6 Å². The van der Waals surface area contributed by atoms with E-state index in [1.54, 1.807) is 11.3 Å². The van der Waals surface area contributed by atoms with E-state index in [-0.39, 0.29) is 18.3 Å². The Morgan fingerprint density at radius 2 is 2.38 bits per heavy atom. The molecule has 0 saturated heterocycles. The van der Waals surface area contributed by atoms with E-state index in [1.807, 2.05) is 11.4 Å². The van der Waals surface area contributed by atoms with Gasteiger partial charge in [-0.3, -0.25) is 4.79 Å². The lowest BCUT2D eigenvalue weighted by molar-refractivity contribution is -0.121. The Hall–Kier alpha value is -1.22. The number of amides is 1. The van der Waals surface area contributed by atoms with Gasteiger partial charge < -0.3 is 15.2 Å². The van der Waals surface area contributed by atoms with Crippen molar-refractivity contribution in [3.05, 3.63) is 33.5 Å². The van der Waals surface area contributed by atoms with Crippen LogP contribution in [0.5, 0.6) is 0 Å². The van der Waals surface area contributed by atoms with E-state index in [4.69, 9.17) is 4.52 Å². The number of nitrogens with zero attached hydrogens (tertiary/aromatic N) is 2. The first-order valence-corrected chi connectivity index (χ1v) is 9.10. The van der Waals surface area contributed by atoms with Crippen molar-refractivity contribution in [2.24, 2.45) is 0 Å². The first kappa shape index (κ1) is 19.1. The van der Waals surface area contributed by atoms with Gasteiger partial charge in [0.15, 0.2) is 0 Å². The Morgan fingerprint density at radius 3 is 3.08 bits per heavy atom. The highest BCUT2D eigenvalue weighted by Crippen LogP contribution is 2.27. The zero-order valence-corrected chi connectivity index (χ0v) is 16.1. The second-order valence-corrected chi connectivity index (χ2v) is 7.06. The summed E-state index contributed by atoms with van der Waals surface area (Å²) in [5.74, 6) is 1.06. The van der Waals surface area contributed by atoms with E-state index in [2.05, 4.69) is 42.8 Å². The Morgan fingerprint density at radius 1 is 1.50 bits per heavy atom. The van der Waals surface area contributed by atoms with Crippen molar-refractivity contribution in [1.82, 2.24) is 20.8 Å². The number of halogens is 2. The Kier molecular flexibility index (Phi) is 7.41. The molecule has 0 aliphatic carbocycles. The predicted molar refractivity (Wildman–Crippen MR) is 99.5 cm³/mol. The van der Waals surface area contributed by atoms with Gasteiger partial charge in [-0.05, 0) is 35.0 Å². The molecule has 1 amide bonds. The van der Waals surface area contributed by atoms with Crippen molar-refractivity contribution in [1.29, 1.82) is 0 Å². The van der Waals surface area contributed by atoms with Crippen LogP contribution in [0.3, 0.4) is 0 Å². The first-order valence-electron chi connectivity index (χ1n) is 7.43. The van der Waals surface area contributed by atoms with E-state index >= 15 is 0 Å². The van der Waals surface area contributed by atoms with Crippen LogP contribution in [-0.2, 0) is 11.2 Å². The molecule has 0 atom stereocenters. The molecule has 3 heterocycles. The van der Waals surface area contributed by atoms with E-state index in [1.165, 1.54) is 5.57 Å². The van der Waals surface area contributed by atoms with Gasteiger partial charge in [-0.1, -0.05) is 16.8 Å². The number of aryl methyl sites for hydroxylation is 1. The average Bonchev–Trinajstić information content (AvgIpc) is 3.20. The fraction of sp³-hybridized carbons (Fsp3) is 0.400. The minimum absolute atomic E-state index is 0. The summed E-state index contributed by atoms with van der Waals surface area (Å²) in [5, 5.41) is 12.1. The molecule has 9 heteroatoms. The van der Waals surface area contributed by atoms with Gasteiger partial charge in [0.1, 0.15) is 0 Å². The van der Waals surface area contributed by atoms with Crippen LogP contribution in [0.4, 0.5) is 0 Å². The number of nitrogens with one attached hydrogen (secondary N) is 2. The van der Waals surface area contributed by atoms with Crippen LogP contribution in [-0.4, -0.2) is 35.7 Å². The molecule has 0 saturated carbocycles. The van der Waals surface area contributed by atoms with E-state index in [9.17, 15) is 4.79 Å². The van der Waals surface area contributed by atoms with Gasteiger partial charge in [-0.25, -0.2) is 0 Å². The molecule has 3 rings (SSSR count). The van der Waals surface area contributed by atoms with Crippen molar-refractivity contribution >= 4 is 45.6 Å². The number of aromatic nitrogens is 2. The van der Waals surface area contributed by atoms with Crippen LogP contribution >= 0.6 is 39.7 Å². The molecule has 6 nitrogen and oxygen atoms in total. The minimum atomic E-state index is 0. The smallest absolute Gasteiger partial charge is 0.227 e. The van der Waals surface area contributed by atoms with Crippen LogP contribution in [0.25, 0.3) is 10.7 Å². The third kappa shape index (κ3) is 5.41. The summed E-state index contributed by atoms with van der Waals surface area (Å²) in [4.78, 5) is 17.2. The minimum Gasteiger partial charge on any atom is -0.352 e. The van der Waals surface area contributed by atoms with Crippen molar-refractivity contribution < 1.29 is 9.32 Å². The van der Waals surface area contributed by atoms with Crippen molar-refractivity contribution in [3.63, 3.8) is 0 Å². The number of carbonyl (C=O) groups excluding carboxylic acids is 1. The topological polar surface area (TPSA) is 80.0 Å². The van der Waals surface area contributed by atoms with Crippen LogP contribution in [0.1, 0.15) is 18.7 Å². The maximum absolute atomic E-state index is 11.9. The molecule has 130 valence electrons. The van der Waals surface area contributed by atoms with E-state index in [0.717, 1.165) is 28.9 Å². The van der Waals surface area contributed by atoms with Gasteiger partial charge in [-0.2, -0.15) is 4.98 Å². The zero-order chi connectivity index (χ0) is 16.1. The fourth-order valence-corrected chi connectivity index (χ4v) is 3.59. The Labute approximate surface area is 158 Å². The van der Waals surface area contributed by atoms with Crippen molar-refractivity contribution in [2.45, 2.75) is 19.3 Å². The highest BCUT2D eigenvalue weighted by molar-refractivity contribution is 9.10. The summed E-state index contributed by atoms with van der Waals surface area (Å²) in [6.07, 6.45) is 3.92. The quantitative estimate of drug-likeness (QED) is 0.685. The van der Waals surface area contributed by atoms with Crippen LogP contribution in [0.2, 0.25) is 0 Å². The largest absolute Gasteiger partial charge is 0.352 e. The maximum Gasteiger partial charge on any atom is 0.227 e. The van der Waals surface area contributed by atoms with Gasteiger partial charge in [0.05, 0.1) is 4.88 Å². The fourth-order valence-electron chi connectivity index (χ4n) is 2.24. The molecule has 1 aliphatic heterocycles. The van der Waals surface area contributed by atoms with Gasteiger partial charge >= 0.3 is 0 Å². The summed E-state index contributed by atoms with van der Waals surface area (Å²) in [7, 11) is 0. The first-order chi connectivity index (χ1) is 11.2. The lowest BCUT2D eigenvalue weighted by atomic mass is 10.1. The summed E-state index contributed by atoms with van der Waals surface area (Å²) in [5.41, 5.74) is 1.28. The summed E-state index contributed by atoms with van der Waals surface area (Å²) >= 11 is 4.94. The van der Waals surface area contributed by atoms with Gasteiger partial charge in [0.25, 0.3) is 0 Å². The third-order valence-corrected chi connectivity index (χ3v) is 5.18. The lowest BCUT2D eigenvalue weighted by Crippen LogP contribution is -2.29. The highest BCUT2D eigenvalue weighted by atomic mass is 79.9. The standard InChI is InChI=1S/C15H17BrN4O2S.ClH/c16-11-7-12(23-9-11)15-19-14(22-20-15)2-1-13(21)18-8-10-3-5-17-6-4-10;/h3,7,9,17H,1-2,4-6,8H2,(H,18,21);1H. The number of hydrogen-bond acceptors (Lipinski definition) is 6. The van der Waals surface area contributed by atoms with Crippen LogP contribution in [0.15, 0.2) is 32.1 Å². The number of carbonyl (C=O) groups is 1. The molecule has 0 radical (unpaired) electrons. The molecular formula is C15H18BrClN4O2S. The van der Waals surface area contributed by atoms with Crippen molar-refractivity contribution in [2.75, 3.05) is 19.6 Å². The Bertz CT molecular complexity index is 716. The summed E-state index contributed by atoms with van der Waals surface area (Å²) in [6, 6.07) is 1.94.